The zero-order chi connectivity index (χ0) is 20.3. The normalized spacial score (nSPS) is 26.0. The van der Waals surface area contributed by atoms with E-state index in [1.165, 1.54) is 6.42 Å². The predicted octanol–water partition coefficient (Wildman–Crippen LogP) is 4.99. The third-order valence-electron chi connectivity index (χ3n) is 6.41. The van der Waals surface area contributed by atoms with Gasteiger partial charge < -0.3 is 10.2 Å². The summed E-state index contributed by atoms with van der Waals surface area (Å²) >= 11 is 0. The van der Waals surface area contributed by atoms with Crippen molar-refractivity contribution < 1.29 is 9.59 Å². The number of piperidine rings is 1. The lowest BCUT2D eigenvalue weighted by molar-refractivity contribution is -0.139. The molecular weight excluding hydrogens is 348 g/mol. The summed E-state index contributed by atoms with van der Waals surface area (Å²) in [6.07, 6.45) is 5.64. The molecule has 1 aliphatic heterocycles. The maximum atomic E-state index is 12.9. The number of nitrogens with one attached hydrogen (secondary N) is 1. The summed E-state index contributed by atoms with van der Waals surface area (Å²) in [5.41, 5.74) is 2.06. The van der Waals surface area contributed by atoms with E-state index in [9.17, 15) is 9.59 Å². The Hall–Kier alpha value is -1.84. The van der Waals surface area contributed by atoms with Crippen LogP contribution in [0.5, 0.6) is 0 Å². The highest BCUT2D eigenvalue weighted by atomic mass is 16.2. The van der Waals surface area contributed by atoms with Gasteiger partial charge in [-0.2, -0.15) is 0 Å². The molecule has 4 heteroatoms. The molecule has 0 radical (unpaired) electrons. The van der Waals surface area contributed by atoms with E-state index in [1.54, 1.807) is 0 Å². The van der Waals surface area contributed by atoms with E-state index < -0.39 is 0 Å². The summed E-state index contributed by atoms with van der Waals surface area (Å²) in [4.78, 5) is 27.8. The minimum absolute atomic E-state index is 0.0114. The van der Waals surface area contributed by atoms with Crippen LogP contribution < -0.4 is 5.32 Å². The van der Waals surface area contributed by atoms with Gasteiger partial charge in [-0.05, 0) is 61.5 Å². The zero-order valence-corrected chi connectivity index (χ0v) is 18.0. The summed E-state index contributed by atoms with van der Waals surface area (Å²) in [5.74, 6) is 1.16. The molecule has 1 saturated carbocycles. The van der Waals surface area contributed by atoms with Crippen molar-refractivity contribution in [2.24, 2.45) is 17.8 Å². The molecule has 0 spiro atoms. The largest absolute Gasteiger partial charge is 0.342 e. The standard InChI is InChI=1S/C24H36N2O2/c1-17-8-7-15-26(16-17)23(28)19-13-11-18(12-14-19)22(27)25-21-10-6-5-9-20(21)24(2,3)4/h5-6,9-10,17-19H,7-8,11-16H2,1-4H3,(H,25,27). The Balaban J connectivity index is 1.55. The Labute approximate surface area is 170 Å². The molecule has 1 aromatic rings. The number of nitrogens with zero attached hydrogens (tertiary/aromatic N) is 1. The number of para-hydroxylation sites is 1. The number of anilines is 1. The van der Waals surface area contributed by atoms with Gasteiger partial charge in [0, 0.05) is 30.6 Å². The van der Waals surface area contributed by atoms with Gasteiger partial charge in [-0.3, -0.25) is 9.59 Å². The highest BCUT2D eigenvalue weighted by Crippen LogP contribution is 2.34. The first-order chi connectivity index (χ1) is 13.3. The fourth-order valence-corrected chi connectivity index (χ4v) is 4.73. The van der Waals surface area contributed by atoms with Crippen LogP contribution in [0.15, 0.2) is 24.3 Å². The van der Waals surface area contributed by atoms with Crippen LogP contribution in [0.4, 0.5) is 5.69 Å². The molecule has 1 atom stereocenters. The predicted molar refractivity (Wildman–Crippen MR) is 114 cm³/mol. The van der Waals surface area contributed by atoms with Crippen LogP contribution >= 0.6 is 0 Å². The lowest BCUT2D eigenvalue weighted by Gasteiger charge is -2.36. The van der Waals surface area contributed by atoms with Crippen LogP contribution in [-0.4, -0.2) is 29.8 Å². The van der Waals surface area contributed by atoms with Crippen LogP contribution in [0, 0.1) is 17.8 Å². The Morgan fingerprint density at radius 2 is 1.64 bits per heavy atom. The highest BCUT2D eigenvalue weighted by molar-refractivity contribution is 5.93. The molecule has 2 amide bonds. The molecule has 1 heterocycles. The van der Waals surface area contributed by atoms with E-state index in [4.69, 9.17) is 0 Å². The van der Waals surface area contributed by atoms with Crippen molar-refractivity contribution in [2.75, 3.05) is 18.4 Å². The monoisotopic (exact) mass is 384 g/mol. The average Bonchev–Trinajstić information content (AvgIpc) is 2.67. The summed E-state index contributed by atoms with van der Waals surface area (Å²) < 4.78 is 0. The maximum Gasteiger partial charge on any atom is 0.227 e. The number of hydrogen-bond donors (Lipinski definition) is 1. The van der Waals surface area contributed by atoms with Crippen molar-refractivity contribution in [3.63, 3.8) is 0 Å². The van der Waals surface area contributed by atoms with Gasteiger partial charge in [0.1, 0.15) is 0 Å². The number of rotatable bonds is 3. The quantitative estimate of drug-likeness (QED) is 0.798. The first kappa shape index (κ1) is 20.9. The van der Waals surface area contributed by atoms with Gasteiger partial charge >= 0.3 is 0 Å². The van der Waals surface area contributed by atoms with Gasteiger partial charge in [0.15, 0.2) is 0 Å². The van der Waals surface area contributed by atoms with Crippen molar-refractivity contribution >= 4 is 17.5 Å². The van der Waals surface area contributed by atoms with Crippen LogP contribution in [0.25, 0.3) is 0 Å². The van der Waals surface area contributed by atoms with Gasteiger partial charge in [-0.15, -0.1) is 0 Å². The van der Waals surface area contributed by atoms with E-state index in [2.05, 4.69) is 44.0 Å². The second kappa shape index (κ2) is 8.67. The highest BCUT2D eigenvalue weighted by Gasteiger charge is 2.33. The molecule has 0 aromatic heterocycles. The molecular formula is C24H36N2O2. The zero-order valence-electron chi connectivity index (χ0n) is 18.0. The second-order valence-corrected chi connectivity index (χ2v) is 9.87. The van der Waals surface area contributed by atoms with Crippen molar-refractivity contribution in [1.82, 2.24) is 4.90 Å². The van der Waals surface area contributed by atoms with Gasteiger partial charge in [0.25, 0.3) is 0 Å². The molecule has 1 aromatic carbocycles. The molecule has 2 aliphatic rings. The van der Waals surface area contributed by atoms with Crippen LogP contribution in [0.3, 0.4) is 0 Å². The summed E-state index contributed by atoms with van der Waals surface area (Å²) in [6, 6.07) is 8.07. The Kier molecular flexibility index (Phi) is 6.47. The first-order valence-electron chi connectivity index (χ1n) is 10.9. The minimum Gasteiger partial charge on any atom is -0.342 e. The molecule has 154 valence electrons. The maximum absolute atomic E-state index is 12.9. The van der Waals surface area contributed by atoms with Crippen LogP contribution in [0.1, 0.15) is 71.8 Å². The Bertz CT molecular complexity index is 699. The molecule has 28 heavy (non-hydrogen) atoms. The van der Waals surface area contributed by atoms with Crippen molar-refractivity contribution in [3.05, 3.63) is 29.8 Å². The van der Waals surface area contributed by atoms with Crippen molar-refractivity contribution in [2.45, 2.75) is 71.6 Å². The van der Waals surface area contributed by atoms with E-state index in [1.807, 2.05) is 18.2 Å². The van der Waals surface area contributed by atoms with E-state index in [0.717, 1.165) is 56.4 Å². The van der Waals surface area contributed by atoms with Crippen LogP contribution in [0.2, 0.25) is 0 Å². The number of carbonyl (C=O) groups excluding carboxylic acids is 2. The number of amides is 2. The van der Waals surface area contributed by atoms with E-state index in [-0.39, 0.29) is 23.2 Å². The Morgan fingerprint density at radius 1 is 1.00 bits per heavy atom. The number of benzene rings is 1. The van der Waals surface area contributed by atoms with Gasteiger partial charge in [-0.25, -0.2) is 0 Å². The molecule has 1 N–H and O–H groups in total. The fraction of sp³-hybridized carbons (Fsp3) is 0.667. The fourth-order valence-electron chi connectivity index (χ4n) is 4.73. The smallest absolute Gasteiger partial charge is 0.227 e. The van der Waals surface area contributed by atoms with Crippen molar-refractivity contribution in [1.29, 1.82) is 0 Å². The molecule has 1 aliphatic carbocycles. The van der Waals surface area contributed by atoms with Crippen molar-refractivity contribution in [3.8, 4) is 0 Å². The third-order valence-corrected chi connectivity index (χ3v) is 6.41. The lowest BCUT2D eigenvalue weighted by Crippen LogP contribution is -2.43. The SMILES string of the molecule is CC1CCCN(C(=O)C2CCC(C(=O)Nc3ccccc3C(C)(C)C)CC2)C1. The Morgan fingerprint density at radius 3 is 2.29 bits per heavy atom. The number of hydrogen-bond acceptors (Lipinski definition) is 2. The third kappa shape index (κ3) is 4.95. The van der Waals surface area contributed by atoms with Gasteiger partial charge in [0.05, 0.1) is 0 Å². The second-order valence-electron chi connectivity index (χ2n) is 9.87. The molecule has 2 fully saturated rings. The minimum atomic E-state index is -0.0144. The first-order valence-corrected chi connectivity index (χ1v) is 10.9. The summed E-state index contributed by atoms with van der Waals surface area (Å²) in [6.45, 7) is 10.5. The number of likely N-dealkylation sites (tertiary alicyclic amines) is 1. The topological polar surface area (TPSA) is 49.4 Å². The molecule has 4 nitrogen and oxygen atoms in total. The molecule has 1 unspecified atom stereocenters. The summed E-state index contributed by atoms with van der Waals surface area (Å²) in [7, 11) is 0. The summed E-state index contributed by atoms with van der Waals surface area (Å²) in [5, 5.41) is 3.17. The molecule has 3 rings (SSSR count). The van der Waals surface area contributed by atoms with E-state index >= 15 is 0 Å². The molecule has 1 saturated heterocycles. The van der Waals surface area contributed by atoms with Gasteiger partial charge in [-0.1, -0.05) is 45.9 Å². The van der Waals surface area contributed by atoms with E-state index in [0.29, 0.717) is 11.8 Å². The number of carbonyl (C=O) groups is 2. The van der Waals surface area contributed by atoms with Gasteiger partial charge in [0.2, 0.25) is 11.8 Å². The average molecular weight is 385 g/mol. The van der Waals surface area contributed by atoms with Crippen LogP contribution in [-0.2, 0) is 15.0 Å². The molecule has 0 bridgehead atoms. The lowest BCUT2D eigenvalue weighted by atomic mass is 9.80.